The van der Waals surface area contributed by atoms with Crippen molar-refractivity contribution in [3.05, 3.63) is 38.3 Å². The van der Waals surface area contributed by atoms with Crippen molar-refractivity contribution in [3.8, 4) is 0 Å². The van der Waals surface area contributed by atoms with Gasteiger partial charge in [-0.15, -0.1) is 0 Å². The predicted octanol–water partition coefficient (Wildman–Crippen LogP) is 1.07. The Morgan fingerprint density at radius 1 is 1.41 bits per heavy atom. The van der Waals surface area contributed by atoms with E-state index in [4.69, 9.17) is 0 Å². The van der Waals surface area contributed by atoms with Gasteiger partial charge in [0.25, 0.3) is 5.56 Å². The van der Waals surface area contributed by atoms with Gasteiger partial charge in [0.15, 0.2) is 0 Å². The molecule has 2 heterocycles. The Hall–Kier alpha value is -1.25. The SMILES string of the molecule is CC(C)n1ncnc1Cn1ncc(I)cc1=O. The minimum absolute atomic E-state index is 0.129. The minimum Gasteiger partial charge on any atom is -0.268 e. The van der Waals surface area contributed by atoms with Crippen LogP contribution in [0.1, 0.15) is 25.7 Å². The van der Waals surface area contributed by atoms with Crippen molar-refractivity contribution < 1.29 is 0 Å². The highest BCUT2D eigenvalue weighted by molar-refractivity contribution is 14.1. The van der Waals surface area contributed by atoms with E-state index in [2.05, 4.69) is 37.8 Å². The molecule has 0 fully saturated rings. The Kier molecular flexibility index (Phi) is 3.55. The minimum atomic E-state index is -0.129. The number of rotatable bonds is 3. The number of halogens is 1. The molecule has 17 heavy (non-hydrogen) atoms. The molecule has 0 atom stereocenters. The van der Waals surface area contributed by atoms with Gasteiger partial charge in [0.1, 0.15) is 18.7 Å². The van der Waals surface area contributed by atoms with E-state index < -0.39 is 0 Å². The van der Waals surface area contributed by atoms with Crippen LogP contribution < -0.4 is 5.56 Å². The van der Waals surface area contributed by atoms with Gasteiger partial charge in [-0.25, -0.2) is 14.3 Å². The third-order valence-corrected chi connectivity index (χ3v) is 2.85. The quantitative estimate of drug-likeness (QED) is 0.781. The van der Waals surface area contributed by atoms with E-state index in [1.54, 1.807) is 16.9 Å². The van der Waals surface area contributed by atoms with Gasteiger partial charge in [-0.3, -0.25) is 4.79 Å². The lowest BCUT2D eigenvalue weighted by Crippen LogP contribution is -2.25. The summed E-state index contributed by atoms with van der Waals surface area (Å²) in [5.74, 6) is 0.732. The van der Waals surface area contributed by atoms with Crippen LogP contribution in [0, 0.1) is 3.57 Å². The molecular formula is C10H12IN5O. The van der Waals surface area contributed by atoms with E-state index in [-0.39, 0.29) is 11.6 Å². The summed E-state index contributed by atoms with van der Waals surface area (Å²) in [6.45, 7) is 4.37. The normalized spacial score (nSPS) is 11.1. The molecule has 0 aliphatic carbocycles. The molecule has 0 saturated heterocycles. The van der Waals surface area contributed by atoms with Crippen molar-refractivity contribution in [1.82, 2.24) is 24.5 Å². The summed E-state index contributed by atoms with van der Waals surface area (Å²) < 4.78 is 3.99. The average molecular weight is 345 g/mol. The smallest absolute Gasteiger partial charge is 0.268 e. The second-order valence-electron chi connectivity index (χ2n) is 3.88. The molecule has 2 aromatic rings. The molecule has 6 nitrogen and oxygen atoms in total. The standard InChI is InChI=1S/C10H12IN5O/c1-7(2)16-9(12-6-14-16)5-15-10(17)3-8(11)4-13-15/h3-4,6-7H,5H2,1-2H3. The van der Waals surface area contributed by atoms with Gasteiger partial charge in [-0.05, 0) is 36.4 Å². The van der Waals surface area contributed by atoms with Crippen molar-refractivity contribution in [1.29, 1.82) is 0 Å². The van der Waals surface area contributed by atoms with E-state index in [1.807, 2.05) is 13.8 Å². The summed E-state index contributed by atoms with van der Waals surface area (Å²) in [6.07, 6.45) is 3.14. The molecule has 7 heteroatoms. The van der Waals surface area contributed by atoms with Crippen molar-refractivity contribution >= 4 is 22.6 Å². The molecule has 0 amide bonds. The van der Waals surface area contributed by atoms with Crippen LogP contribution in [-0.4, -0.2) is 24.5 Å². The van der Waals surface area contributed by atoms with Crippen LogP contribution in [0.15, 0.2) is 23.4 Å². The fourth-order valence-corrected chi connectivity index (χ4v) is 1.87. The highest BCUT2D eigenvalue weighted by Crippen LogP contribution is 2.05. The number of aromatic nitrogens is 5. The average Bonchev–Trinajstić information content (AvgIpc) is 2.70. The second kappa shape index (κ2) is 4.94. The Balaban J connectivity index is 2.32. The first-order chi connectivity index (χ1) is 8.08. The van der Waals surface area contributed by atoms with Gasteiger partial charge in [-0.2, -0.15) is 10.2 Å². The third kappa shape index (κ3) is 2.71. The fraction of sp³-hybridized carbons (Fsp3) is 0.400. The summed E-state index contributed by atoms with van der Waals surface area (Å²) in [5, 5.41) is 8.19. The van der Waals surface area contributed by atoms with E-state index in [9.17, 15) is 4.79 Å². The molecule has 90 valence electrons. The molecular weight excluding hydrogens is 333 g/mol. The molecule has 2 aromatic heterocycles. The molecule has 0 spiro atoms. The van der Waals surface area contributed by atoms with Gasteiger partial charge in [0.2, 0.25) is 0 Å². The maximum Gasteiger partial charge on any atom is 0.268 e. The van der Waals surface area contributed by atoms with Crippen LogP contribution in [0.5, 0.6) is 0 Å². The van der Waals surface area contributed by atoms with E-state index in [0.29, 0.717) is 6.54 Å². The van der Waals surface area contributed by atoms with E-state index >= 15 is 0 Å². The molecule has 0 unspecified atom stereocenters. The molecule has 0 N–H and O–H groups in total. The van der Waals surface area contributed by atoms with Gasteiger partial charge in [0, 0.05) is 15.7 Å². The first-order valence-corrected chi connectivity index (χ1v) is 6.27. The molecule has 0 aliphatic heterocycles. The summed E-state index contributed by atoms with van der Waals surface area (Å²) in [4.78, 5) is 15.8. The molecule has 0 bridgehead atoms. The lowest BCUT2D eigenvalue weighted by atomic mass is 10.4. The highest BCUT2D eigenvalue weighted by Gasteiger charge is 2.09. The van der Waals surface area contributed by atoms with Gasteiger partial charge < -0.3 is 0 Å². The first-order valence-electron chi connectivity index (χ1n) is 5.19. The predicted molar refractivity (Wildman–Crippen MR) is 70.7 cm³/mol. The summed E-state index contributed by atoms with van der Waals surface area (Å²) >= 11 is 2.06. The molecule has 2 rings (SSSR count). The lowest BCUT2D eigenvalue weighted by Gasteiger charge is -2.09. The lowest BCUT2D eigenvalue weighted by molar-refractivity contribution is 0.482. The van der Waals surface area contributed by atoms with Gasteiger partial charge in [0.05, 0.1) is 6.20 Å². The van der Waals surface area contributed by atoms with Crippen molar-refractivity contribution in [2.24, 2.45) is 0 Å². The Labute approximate surface area is 112 Å². The van der Waals surface area contributed by atoms with Crippen molar-refractivity contribution in [2.45, 2.75) is 26.4 Å². The van der Waals surface area contributed by atoms with Crippen molar-refractivity contribution in [2.75, 3.05) is 0 Å². The van der Waals surface area contributed by atoms with Crippen LogP contribution in [0.4, 0.5) is 0 Å². The maximum absolute atomic E-state index is 11.7. The number of hydrogen-bond acceptors (Lipinski definition) is 4. The zero-order valence-corrected chi connectivity index (χ0v) is 11.7. The topological polar surface area (TPSA) is 65.6 Å². The molecule has 0 radical (unpaired) electrons. The largest absolute Gasteiger partial charge is 0.268 e. The van der Waals surface area contributed by atoms with Crippen LogP contribution in [-0.2, 0) is 6.54 Å². The number of nitrogens with zero attached hydrogens (tertiary/aromatic N) is 5. The summed E-state index contributed by atoms with van der Waals surface area (Å²) in [6, 6.07) is 1.76. The molecule has 0 aliphatic rings. The first kappa shape index (κ1) is 12.2. The zero-order chi connectivity index (χ0) is 12.4. The Bertz CT molecular complexity index is 574. The molecule has 0 aromatic carbocycles. The van der Waals surface area contributed by atoms with Crippen LogP contribution in [0.25, 0.3) is 0 Å². The van der Waals surface area contributed by atoms with Gasteiger partial charge in [-0.1, -0.05) is 0 Å². The van der Waals surface area contributed by atoms with Crippen LogP contribution in [0.2, 0.25) is 0 Å². The summed E-state index contributed by atoms with van der Waals surface area (Å²) in [5.41, 5.74) is -0.129. The summed E-state index contributed by atoms with van der Waals surface area (Å²) in [7, 11) is 0. The molecule has 0 saturated carbocycles. The zero-order valence-electron chi connectivity index (χ0n) is 9.54. The second-order valence-corrected chi connectivity index (χ2v) is 5.13. The van der Waals surface area contributed by atoms with E-state index in [0.717, 1.165) is 9.39 Å². The monoisotopic (exact) mass is 345 g/mol. The van der Waals surface area contributed by atoms with Gasteiger partial charge >= 0.3 is 0 Å². The highest BCUT2D eigenvalue weighted by atomic mass is 127. The third-order valence-electron chi connectivity index (χ3n) is 2.26. The van der Waals surface area contributed by atoms with Crippen molar-refractivity contribution in [3.63, 3.8) is 0 Å². The van der Waals surface area contributed by atoms with E-state index in [1.165, 1.54) is 11.0 Å². The Morgan fingerprint density at radius 2 is 2.18 bits per heavy atom. The van der Waals surface area contributed by atoms with Crippen LogP contribution in [0.3, 0.4) is 0 Å². The fourth-order valence-electron chi connectivity index (χ4n) is 1.48. The van der Waals surface area contributed by atoms with Crippen LogP contribution >= 0.6 is 22.6 Å². The Morgan fingerprint density at radius 3 is 2.82 bits per heavy atom. The maximum atomic E-state index is 11.7. The number of hydrogen-bond donors (Lipinski definition) is 0.